The Labute approximate surface area is 108 Å². The summed E-state index contributed by atoms with van der Waals surface area (Å²) in [6, 6.07) is 7.22. The zero-order valence-corrected chi connectivity index (χ0v) is 11.3. The minimum absolute atomic E-state index is 0.0906. The van der Waals surface area contributed by atoms with Crippen molar-refractivity contribution in [1.29, 1.82) is 0 Å². The first-order chi connectivity index (χ1) is 8.67. The number of ether oxygens (including phenoxy) is 2. The van der Waals surface area contributed by atoms with Gasteiger partial charge in [0.25, 0.3) is 0 Å². The maximum Gasteiger partial charge on any atom is 0.176 e. The number of carbonyl (C=O) groups is 1. The summed E-state index contributed by atoms with van der Waals surface area (Å²) in [4.78, 5) is 14.0. The highest BCUT2D eigenvalue weighted by Gasteiger charge is 2.09. The number of carbonyl (C=O) groups excluding carboxylic acids is 1. The van der Waals surface area contributed by atoms with E-state index in [0.29, 0.717) is 31.1 Å². The lowest BCUT2D eigenvalue weighted by Gasteiger charge is -2.15. The summed E-state index contributed by atoms with van der Waals surface area (Å²) in [6.45, 7) is 4.46. The van der Waals surface area contributed by atoms with E-state index in [9.17, 15) is 4.79 Å². The van der Waals surface area contributed by atoms with Crippen molar-refractivity contribution in [3.8, 4) is 5.75 Å². The normalized spacial score (nSPS) is 10.7. The first-order valence-electron chi connectivity index (χ1n) is 6.11. The molecule has 0 heterocycles. The predicted molar refractivity (Wildman–Crippen MR) is 71.3 cm³/mol. The van der Waals surface area contributed by atoms with Crippen LogP contribution >= 0.6 is 0 Å². The van der Waals surface area contributed by atoms with Crippen LogP contribution in [0.3, 0.4) is 0 Å². The van der Waals surface area contributed by atoms with Gasteiger partial charge in [0.05, 0.1) is 20.3 Å². The number of nitrogens with zero attached hydrogens (tertiary/aromatic N) is 1. The third-order valence-electron chi connectivity index (χ3n) is 2.63. The van der Waals surface area contributed by atoms with Crippen LogP contribution in [0.25, 0.3) is 0 Å². The van der Waals surface area contributed by atoms with Crippen LogP contribution < -0.4 is 4.74 Å². The summed E-state index contributed by atoms with van der Waals surface area (Å²) in [6.07, 6.45) is 0. The second-order valence-electron chi connectivity index (χ2n) is 4.09. The van der Waals surface area contributed by atoms with E-state index in [-0.39, 0.29) is 5.78 Å². The number of methoxy groups -OCH3 is 1. The molecule has 1 rings (SSSR count). The third kappa shape index (κ3) is 4.85. The van der Waals surface area contributed by atoms with Crippen molar-refractivity contribution in [1.82, 2.24) is 4.90 Å². The van der Waals surface area contributed by atoms with E-state index >= 15 is 0 Å². The average Bonchev–Trinajstić information content (AvgIpc) is 2.39. The molecule has 1 aromatic rings. The Morgan fingerprint density at radius 3 is 2.83 bits per heavy atom. The third-order valence-corrected chi connectivity index (χ3v) is 2.63. The molecule has 0 fully saturated rings. The van der Waals surface area contributed by atoms with Crippen LogP contribution in [0.4, 0.5) is 0 Å². The molecule has 0 saturated heterocycles. The van der Waals surface area contributed by atoms with Crippen LogP contribution in [-0.4, -0.2) is 51.1 Å². The monoisotopic (exact) mass is 251 g/mol. The molecule has 0 radical (unpaired) electrons. The Kier molecular flexibility index (Phi) is 6.39. The number of rotatable bonds is 8. The van der Waals surface area contributed by atoms with Crippen molar-refractivity contribution >= 4 is 5.78 Å². The molecule has 0 atom stereocenters. The molecule has 1 aromatic carbocycles. The topological polar surface area (TPSA) is 38.8 Å². The maximum atomic E-state index is 12.0. The van der Waals surface area contributed by atoms with Crippen molar-refractivity contribution in [2.24, 2.45) is 0 Å². The van der Waals surface area contributed by atoms with Gasteiger partial charge in [-0.05, 0) is 26.1 Å². The highest BCUT2D eigenvalue weighted by molar-refractivity contribution is 5.97. The summed E-state index contributed by atoms with van der Waals surface area (Å²) in [5.74, 6) is 0.797. The summed E-state index contributed by atoms with van der Waals surface area (Å²) in [7, 11) is 3.51. The van der Waals surface area contributed by atoms with Gasteiger partial charge in [0.15, 0.2) is 5.78 Å². The zero-order chi connectivity index (χ0) is 13.4. The Morgan fingerprint density at radius 2 is 2.17 bits per heavy atom. The number of benzene rings is 1. The van der Waals surface area contributed by atoms with Crippen molar-refractivity contribution in [2.75, 3.05) is 40.5 Å². The van der Waals surface area contributed by atoms with Gasteiger partial charge in [0, 0.05) is 18.7 Å². The lowest BCUT2D eigenvalue weighted by atomic mass is 10.1. The van der Waals surface area contributed by atoms with Gasteiger partial charge in [-0.25, -0.2) is 0 Å². The minimum Gasteiger partial charge on any atom is -0.497 e. The molecule has 0 aromatic heterocycles. The van der Waals surface area contributed by atoms with E-state index in [0.717, 1.165) is 6.54 Å². The van der Waals surface area contributed by atoms with Gasteiger partial charge in [-0.3, -0.25) is 9.69 Å². The zero-order valence-electron chi connectivity index (χ0n) is 11.3. The quantitative estimate of drug-likeness (QED) is 0.522. The van der Waals surface area contributed by atoms with Gasteiger partial charge < -0.3 is 9.47 Å². The molecule has 4 heteroatoms. The van der Waals surface area contributed by atoms with E-state index in [2.05, 4.69) is 0 Å². The van der Waals surface area contributed by atoms with Crippen molar-refractivity contribution in [2.45, 2.75) is 6.92 Å². The molecule has 0 bridgehead atoms. The van der Waals surface area contributed by atoms with Crippen LogP contribution in [0.1, 0.15) is 17.3 Å². The highest BCUT2D eigenvalue weighted by Crippen LogP contribution is 2.13. The molecular weight excluding hydrogens is 230 g/mol. The molecular formula is C14H21NO3. The fourth-order valence-electron chi connectivity index (χ4n) is 1.58. The summed E-state index contributed by atoms with van der Waals surface area (Å²) >= 11 is 0. The highest BCUT2D eigenvalue weighted by atomic mass is 16.5. The van der Waals surface area contributed by atoms with Crippen LogP contribution in [0, 0.1) is 0 Å². The standard InChI is InChI=1S/C14H21NO3/c1-4-18-9-8-15(2)11-14(16)12-6-5-7-13(10-12)17-3/h5-7,10H,4,8-9,11H2,1-3H3. The van der Waals surface area contributed by atoms with Crippen LogP contribution in [0.15, 0.2) is 24.3 Å². The SMILES string of the molecule is CCOCCN(C)CC(=O)c1cccc(OC)c1. The summed E-state index contributed by atoms with van der Waals surface area (Å²) < 4.78 is 10.4. The fourth-order valence-corrected chi connectivity index (χ4v) is 1.58. The van der Waals surface area contributed by atoms with Gasteiger partial charge in [-0.1, -0.05) is 12.1 Å². The average molecular weight is 251 g/mol. The van der Waals surface area contributed by atoms with E-state index in [1.54, 1.807) is 19.2 Å². The summed E-state index contributed by atoms with van der Waals surface area (Å²) in [5, 5.41) is 0. The second-order valence-corrected chi connectivity index (χ2v) is 4.09. The number of Topliss-reactive ketones (excluding diaryl/α,β-unsaturated/α-hetero) is 1. The molecule has 0 spiro atoms. The van der Waals surface area contributed by atoms with Gasteiger partial charge >= 0.3 is 0 Å². The molecule has 0 aliphatic heterocycles. The number of ketones is 1. The molecule has 0 unspecified atom stereocenters. The fraction of sp³-hybridized carbons (Fsp3) is 0.500. The molecule has 100 valence electrons. The largest absolute Gasteiger partial charge is 0.497 e. The van der Waals surface area contributed by atoms with E-state index < -0.39 is 0 Å². The van der Waals surface area contributed by atoms with Gasteiger partial charge in [-0.15, -0.1) is 0 Å². The number of hydrogen-bond acceptors (Lipinski definition) is 4. The Balaban J connectivity index is 2.48. The molecule has 0 N–H and O–H groups in total. The maximum absolute atomic E-state index is 12.0. The van der Waals surface area contributed by atoms with Crippen LogP contribution in [0.5, 0.6) is 5.75 Å². The first kappa shape index (κ1) is 14.7. The lowest BCUT2D eigenvalue weighted by Crippen LogP contribution is -2.29. The van der Waals surface area contributed by atoms with Gasteiger partial charge in [0.1, 0.15) is 5.75 Å². The molecule has 0 aliphatic rings. The van der Waals surface area contributed by atoms with E-state index in [4.69, 9.17) is 9.47 Å². The molecule has 18 heavy (non-hydrogen) atoms. The van der Waals surface area contributed by atoms with Gasteiger partial charge in [0.2, 0.25) is 0 Å². The second kappa shape index (κ2) is 7.84. The molecule has 0 aliphatic carbocycles. The first-order valence-corrected chi connectivity index (χ1v) is 6.11. The summed E-state index contributed by atoms with van der Waals surface area (Å²) in [5.41, 5.74) is 0.678. The van der Waals surface area contributed by atoms with Gasteiger partial charge in [-0.2, -0.15) is 0 Å². The number of hydrogen-bond donors (Lipinski definition) is 0. The van der Waals surface area contributed by atoms with Crippen molar-refractivity contribution in [3.63, 3.8) is 0 Å². The van der Waals surface area contributed by atoms with Crippen LogP contribution in [0.2, 0.25) is 0 Å². The Bertz CT molecular complexity index is 379. The minimum atomic E-state index is 0.0906. The Hall–Kier alpha value is -1.39. The van der Waals surface area contributed by atoms with E-state index in [1.165, 1.54) is 0 Å². The van der Waals surface area contributed by atoms with Crippen LogP contribution in [-0.2, 0) is 4.74 Å². The molecule has 4 nitrogen and oxygen atoms in total. The van der Waals surface area contributed by atoms with Crippen molar-refractivity contribution < 1.29 is 14.3 Å². The Morgan fingerprint density at radius 1 is 1.39 bits per heavy atom. The molecule has 0 amide bonds. The lowest BCUT2D eigenvalue weighted by molar-refractivity contribution is 0.0896. The number of likely N-dealkylation sites (N-methyl/N-ethyl adjacent to an activating group) is 1. The van der Waals surface area contributed by atoms with E-state index in [1.807, 2.05) is 31.0 Å². The predicted octanol–water partition coefficient (Wildman–Crippen LogP) is 1.85. The molecule has 0 saturated carbocycles. The van der Waals surface area contributed by atoms with Crippen molar-refractivity contribution in [3.05, 3.63) is 29.8 Å². The smallest absolute Gasteiger partial charge is 0.176 e.